The molecule has 174 valence electrons. The number of rotatable bonds is 8. The van der Waals surface area contributed by atoms with E-state index >= 15 is 0 Å². The molecular weight excluding hydrogens is 422 g/mol. The standard InChI is InChI=1S/C21H33N3O6S/c1-5-29-17-8-10-18(11-9-17)31(27,28)24-15-13-23(14-16-24)19(25)7-6-12-22-20(26)30-21(2,3)4/h8-11H,5-7,12-16H2,1-4H3,(H,22,26). The molecule has 0 aromatic heterocycles. The van der Waals surface area contributed by atoms with Crippen LogP contribution in [0.5, 0.6) is 5.75 Å². The number of benzene rings is 1. The second-order valence-electron chi connectivity index (χ2n) is 8.22. The van der Waals surface area contributed by atoms with Crippen LogP contribution in [0.1, 0.15) is 40.5 Å². The fraction of sp³-hybridized carbons (Fsp3) is 0.619. The molecule has 0 radical (unpaired) electrons. The summed E-state index contributed by atoms with van der Waals surface area (Å²) in [6.07, 6.45) is 0.262. The number of hydrogen-bond acceptors (Lipinski definition) is 6. The maximum atomic E-state index is 12.8. The Balaban J connectivity index is 1.77. The summed E-state index contributed by atoms with van der Waals surface area (Å²) in [5.41, 5.74) is -0.564. The van der Waals surface area contributed by atoms with E-state index in [0.717, 1.165) is 0 Å². The van der Waals surface area contributed by atoms with Crippen molar-refractivity contribution in [2.24, 2.45) is 0 Å². The van der Waals surface area contributed by atoms with Gasteiger partial charge in [0.1, 0.15) is 11.4 Å². The van der Waals surface area contributed by atoms with E-state index in [1.54, 1.807) is 37.8 Å². The van der Waals surface area contributed by atoms with Crippen molar-refractivity contribution in [1.82, 2.24) is 14.5 Å². The summed E-state index contributed by atoms with van der Waals surface area (Å²) in [4.78, 5) is 25.9. The first-order valence-electron chi connectivity index (χ1n) is 10.5. The highest BCUT2D eigenvalue weighted by atomic mass is 32.2. The highest BCUT2D eigenvalue weighted by Gasteiger charge is 2.30. The van der Waals surface area contributed by atoms with Gasteiger partial charge in [-0.2, -0.15) is 4.31 Å². The average molecular weight is 456 g/mol. The van der Waals surface area contributed by atoms with E-state index in [4.69, 9.17) is 9.47 Å². The van der Waals surface area contributed by atoms with Gasteiger partial charge in [0.25, 0.3) is 0 Å². The zero-order valence-electron chi connectivity index (χ0n) is 18.7. The Bertz CT molecular complexity index is 841. The van der Waals surface area contributed by atoms with Crippen molar-refractivity contribution in [2.75, 3.05) is 39.3 Å². The van der Waals surface area contributed by atoms with Crippen LogP contribution in [0.4, 0.5) is 4.79 Å². The van der Waals surface area contributed by atoms with Crippen LogP contribution in [-0.4, -0.2) is 74.6 Å². The Labute approximate surface area is 184 Å². The number of hydrogen-bond donors (Lipinski definition) is 1. The third-order valence-corrected chi connectivity index (χ3v) is 6.51. The van der Waals surface area contributed by atoms with E-state index in [0.29, 0.717) is 38.4 Å². The van der Waals surface area contributed by atoms with Crippen LogP contribution in [0.15, 0.2) is 29.2 Å². The second-order valence-corrected chi connectivity index (χ2v) is 10.2. The Morgan fingerprint density at radius 2 is 1.68 bits per heavy atom. The Morgan fingerprint density at radius 3 is 2.23 bits per heavy atom. The molecule has 1 aliphatic rings. The second kappa shape index (κ2) is 10.8. The number of nitrogens with zero attached hydrogens (tertiary/aromatic N) is 2. The highest BCUT2D eigenvalue weighted by molar-refractivity contribution is 7.89. The molecular formula is C21H33N3O6S. The van der Waals surface area contributed by atoms with Gasteiger partial charge in [0.05, 0.1) is 11.5 Å². The van der Waals surface area contributed by atoms with Crippen LogP contribution in [-0.2, 0) is 19.6 Å². The van der Waals surface area contributed by atoms with Crippen LogP contribution in [0, 0.1) is 0 Å². The van der Waals surface area contributed by atoms with E-state index in [1.807, 2.05) is 6.92 Å². The molecule has 0 saturated carbocycles. The monoisotopic (exact) mass is 455 g/mol. The van der Waals surface area contributed by atoms with Gasteiger partial charge in [0, 0.05) is 39.1 Å². The highest BCUT2D eigenvalue weighted by Crippen LogP contribution is 2.21. The van der Waals surface area contributed by atoms with Gasteiger partial charge in [-0.1, -0.05) is 0 Å². The molecule has 1 heterocycles. The number of nitrogens with one attached hydrogen (secondary N) is 1. The minimum Gasteiger partial charge on any atom is -0.494 e. The lowest BCUT2D eigenvalue weighted by molar-refractivity contribution is -0.132. The summed E-state index contributed by atoms with van der Waals surface area (Å²) >= 11 is 0. The summed E-state index contributed by atoms with van der Waals surface area (Å²) in [5.74, 6) is 0.571. The maximum Gasteiger partial charge on any atom is 0.407 e. The number of carbonyl (C=O) groups is 2. The van der Waals surface area contributed by atoms with E-state index in [-0.39, 0.29) is 30.3 Å². The SMILES string of the molecule is CCOc1ccc(S(=O)(=O)N2CCN(C(=O)CCCNC(=O)OC(C)(C)C)CC2)cc1. The minimum atomic E-state index is -3.61. The molecule has 0 aliphatic carbocycles. The van der Waals surface area contributed by atoms with Gasteiger partial charge in [0.15, 0.2) is 0 Å². The third kappa shape index (κ3) is 7.70. The van der Waals surface area contributed by atoms with E-state index in [9.17, 15) is 18.0 Å². The summed E-state index contributed by atoms with van der Waals surface area (Å²) in [5, 5.41) is 2.63. The molecule has 1 fully saturated rings. The number of piperazine rings is 1. The van der Waals surface area contributed by atoms with Gasteiger partial charge < -0.3 is 19.7 Å². The van der Waals surface area contributed by atoms with Gasteiger partial charge in [-0.15, -0.1) is 0 Å². The van der Waals surface area contributed by atoms with Crippen molar-refractivity contribution in [1.29, 1.82) is 0 Å². The molecule has 1 aliphatic heterocycles. The Morgan fingerprint density at radius 1 is 1.06 bits per heavy atom. The first-order valence-corrected chi connectivity index (χ1v) is 11.9. The lowest BCUT2D eigenvalue weighted by Crippen LogP contribution is -2.50. The van der Waals surface area contributed by atoms with Crippen molar-refractivity contribution in [3.63, 3.8) is 0 Å². The summed E-state index contributed by atoms with van der Waals surface area (Å²) in [7, 11) is -3.61. The summed E-state index contributed by atoms with van der Waals surface area (Å²) < 4.78 is 37.6. The molecule has 2 rings (SSSR count). The van der Waals surface area contributed by atoms with E-state index in [2.05, 4.69) is 5.32 Å². The molecule has 31 heavy (non-hydrogen) atoms. The van der Waals surface area contributed by atoms with Crippen LogP contribution in [0.25, 0.3) is 0 Å². The number of sulfonamides is 1. The Hall–Kier alpha value is -2.33. The summed E-state index contributed by atoms with van der Waals surface area (Å²) in [6, 6.07) is 6.36. The van der Waals surface area contributed by atoms with Gasteiger partial charge in [-0.3, -0.25) is 4.79 Å². The molecule has 1 saturated heterocycles. The first kappa shape index (κ1) is 24.9. The molecule has 0 unspecified atom stereocenters. The molecule has 2 amide bonds. The van der Waals surface area contributed by atoms with Gasteiger partial charge in [-0.05, 0) is 58.4 Å². The minimum absolute atomic E-state index is 0.0518. The Kier molecular flexibility index (Phi) is 8.69. The smallest absolute Gasteiger partial charge is 0.407 e. The predicted octanol–water partition coefficient (Wildman–Crippen LogP) is 2.22. The predicted molar refractivity (Wildman–Crippen MR) is 116 cm³/mol. The largest absolute Gasteiger partial charge is 0.494 e. The van der Waals surface area contributed by atoms with Crippen molar-refractivity contribution < 1.29 is 27.5 Å². The third-order valence-electron chi connectivity index (χ3n) is 4.60. The molecule has 0 spiro atoms. The van der Waals surface area contributed by atoms with Crippen molar-refractivity contribution >= 4 is 22.0 Å². The fourth-order valence-electron chi connectivity index (χ4n) is 3.10. The molecule has 9 nitrogen and oxygen atoms in total. The van der Waals surface area contributed by atoms with Crippen molar-refractivity contribution in [2.45, 2.75) is 51.0 Å². The van der Waals surface area contributed by atoms with Crippen LogP contribution in [0.2, 0.25) is 0 Å². The zero-order chi connectivity index (χ0) is 23.1. The lowest BCUT2D eigenvalue weighted by Gasteiger charge is -2.34. The maximum absolute atomic E-state index is 12.8. The molecule has 0 bridgehead atoms. The van der Waals surface area contributed by atoms with Crippen LogP contribution >= 0.6 is 0 Å². The first-order chi connectivity index (χ1) is 14.5. The van der Waals surface area contributed by atoms with Gasteiger partial charge >= 0.3 is 6.09 Å². The number of alkyl carbamates (subject to hydrolysis) is 1. The zero-order valence-corrected chi connectivity index (χ0v) is 19.5. The summed E-state index contributed by atoms with van der Waals surface area (Å²) in [6.45, 7) is 9.25. The van der Waals surface area contributed by atoms with Crippen molar-refractivity contribution in [3.05, 3.63) is 24.3 Å². The normalized spacial score (nSPS) is 15.4. The van der Waals surface area contributed by atoms with Crippen LogP contribution in [0.3, 0.4) is 0 Å². The van der Waals surface area contributed by atoms with E-state index in [1.165, 1.54) is 16.4 Å². The average Bonchev–Trinajstić information content (AvgIpc) is 2.70. The molecule has 1 aromatic rings. The quantitative estimate of drug-likeness (QED) is 0.603. The molecule has 0 atom stereocenters. The fourth-order valence-corrected chi connectivity index (χ4v) is 4.53. The molecule has 1 aromatic carbocycles. The van der Waals surface area contributed by atoms with Crippen molar-refractivity contribution in [3.8, 4) is 5.75 Å². The van der Waals surface area contributed by atoms with Crippen LogP contribution < -0.4 is 10.1 Å². The van der Waals surface area contributed by atoms with E-state index < -0.39 is 21.7 Å². The number of carbonyl (C=O) groups excluding carboxylic acids is 2. The lowest BCUT2D eigenvalue weighted by atomic mass is 10.2. The van der Waals surface area contributed by atoms with Gasteiger partial charge in [0.2, 0.25) is 15.9 Å². The molecule has 10 heteroatoms. The number of ether oxygens (including phenoxy) is 2. The molecule has 1 N–H and O–H groups in total. The topological polar surface area (TPSA) is 105 Å². The number of amides is 2. The van der Waals surface area contributed by atoms with Gasteiger partial charge in [-0.25, -0.2) is 13.2 Å².